The second-order valence-corrected chi connectivity index (χ2v) is 5.21. The Bertz CT molecular complexity index is 411. The van der Waals surface area contributed by atoms with E-state index in [1.54, 1.807) is 14.2 Å². The van der Waals surface area contributed by atoms with E-state index in [9.17, 15) is 0 Å². The molecule has 1 aromatic carbocycles. The van der Waals surface area contributed by atoms with Crippen molar-refractivity contribution in [1.82, 2.24) is 5.32 Å². The first-order chi connectivity index (χ1) is 9.30. The van der Waals surface area contributed by atoms with Gasteiger partial charge in [-0.15, -0.1) is 0 Å². The minimum atomic E-state index is 0.747. The van der Waals surface area contributed by atoms with Gasteiger partial charge in [0, 0.05) is 5.56 Å². The highest BCUT2D eigenvalue weighted by Gasteiger charge is 2.18. The molecule has 0 bridgehead atoms. The molecule has 1 saturated heterocycles. The Balaban J connectivity index is 2.23. The third-order valence-electron chi connectivity index (χ3n) is 4.01. The summed E-state index contributed by atoms with van der Waals surface area (Å²) >= 11 is 0. The predicted octanol–water partition coefficient (Wildman–Crippen LogP) is 2.81. The van der Waals surface area contributed by atoms with Crippen molar-refractivity contribution in [3.05, 3.63) is 23.3 Å². The quantitative estimate of drug-likeness (QED) is 0.886. The van der Waals surface area contributed by atoms with Crippen molar-refractivity contribution in [1.29, 1.82) is 0 Å². The van der Waals surface area contributed by atoms with Crippen LogP contribution in [0.5, 0.6) is 11.5 Å². The van der Waals surface area contributed by atoms with Crippen molar-refractivity contribution < 1.29 is 9.47 Å². The van der Waals surface area contributed by atoms with Crippen molar-refractivity contribution in [2.45, 2.75) is 32.6 Å². The van der Waals surface area contributed by atoms with Gasteiger partial charge in [-0.05, 0) is 56.3 Å². The van der Waals surface area contributed by atoms with E-state index in [0.717, 1.165) is 36.8 Å². The molecule has 0 aliphatic carbocycles. The van der Waals surface area contributed by atoms with Gasteiger partial charge in [-0.2, -0.15) is 0 Å². The van der Waals surface area contributed by atoms with Crippen LogP contribution < -0.4 is 14.8 Å². The Morgan fingerprint density at radius 3 is 2.68 bits per heavy atom. The molecule has 19 heavy (non-hydrogen) atoms. The van der Waals surface area contributed by atoms with Gasteiger partial charge in [0.15, 0.2) is 11.5 Å². The van der Waals surface area contributed by atoms with Gasteiger partial charge >= 0.3 is 0 Å². The van der Waals surface area contributed by atoms with E-state index in [2.05, 4.69) is 18.3 Å². The Hall–Kier alpha value is -1.22. The SMILES string of the molecule is CCc1c(CC2CCCNC2)ccc(OC)c1OC. The monoisotopic (exact) mass is 263 g/mol. The van der Waals surface area contributed by atoms with Gasteiger partial charge in [0.1, 0.15) is 0 Å². The van der Waals surface area contributed by atoms with E-state index in [4.69, 9.17) is 9.47 Å². The highest BCUT2D eigenvalue weighted by atomic mass is 16.5. The molecule has 0 radical (unpaired) electrons. The van der Waals surface area contributed by atoms with Crippen LogP contribution in [-0.4, -0.2) is 27.3 Å². The Morgan fingerprint density at radius 2 is 2.11 bits per heavy atom. The average Bonchev–Trinajstić information content (AvgIpc) is 2.47. The van der Waals surface area contributed by atoms with E-state index >= 15 is 0 Å². The standard InChI is InChI=1S/C16H25NO2/c1-4-14-13(10-12-6-5-9-17-11-12)7-8-15(18-2)16(14)19-3/h7-8,12,17H,4-6,9-11H2,1-3H3. The zero-order valence-electron chi connectivity index (χ0n) is 12.3. The first-order valence-electron chi connectivity index (χ1n) is 7.23. The maximum Gasteiger partial charge on any atom is 0.164 e. The normalized spacial score (nSPS) is 19.2. The molecule has 1 heterocycles. The van der Waals surface area contributed by atoms with Crippen molar-refractivity contribution in [3.63, 3.8) is 0 Å². The number of rotatable bonds is 5. The second-order valence-electron chi connectivity index (χ2n) is 5.21. The molecule has 0 spiro atoms. The summed E-state index contributed by atoms with van der Waals surface area (Å²) in [5, 5.41) is 3.49. The lowest BCUT2D eigenvalue weighted by Gasteiger charge is -2.24. The molecule has 1 aliphatic rings. The molecular formula is C16H25NO2. The second kappa shape index (κ2) is 6.80. The summed E-state index contributed by atoms with van der Waals surface area (Å²) in [5.74, 6) is 2.49. The number of ether oxygens (including phenoxy) is 2. The van der Waals surface area contributed by atoms with E-state index in [-0.39, 0.29) is 0 Å². The number of benzene rings is 1. The van der Waals surface area contributed by atoms with Gasteiger partial charge in [-0.3, -0.25) is 0 Å². The molecule has 1 N–H and O–H groups in total. The van der Waals surface area contributed by atoms with Gasteiger partial charge < -0.3 is 14.8 Å². The Kier molecular flexibility index (Phi) is 5.08. The first-order valence-corrected chi connectivity index (χ1v) is 7.23. The molecule has 1 unspecified atom stereocenters. The summed E-state index contributed by atoms with van der Waals surface area (Å²) in [5.41, 5.74) is 2.71. The third-order valence-corrected chi connectivity index (χ3v) is 4.01. The molecule has 1 atom stereocenters. The molecule has 2 rings (SSSR count). The van der Waals surface area contributed by atoms with E-state index in [1.165, 1.54) is 30.5 Å². The average molecular weight is 263 g/mol. The summed E-state index contributed by atoms with van der Waals surface area (Å²) in [6.45, 7) is 4.49. The van der Waals surface area contributed by atoms with Crippen LogP contribution in [0.3, 0.4) is 0 Å². The molecule has 1 fully saturated rings. The summed E-state index contributed by atoms with van der Waals surface area (Å²) in [6, 6.07) is 4.23. The molecule has 0 saturated carbocycles. The van der Waals surface area contributed by atoms with Crippen molar-refractivity contribution >= 4 is 0 Å². The van der Waals surface area contributed by atoms with Crippen LogP contribution >= 0.6 is 0 Å². The van der Waals surface area contributed by atoms with Crippen molar-refractivity contribution in [2.75, 3.05) is 27.3 Å². The maximum absolute atomic E-state index is 5.55. The lowest BCUT2D eigenvalue weighted by atomic mass is 9.89. The molecule has 0 aromatic heterocycles. The number of piperidine rings is 1. The topological polar surface area (TPSA) is 30.5 Å². The molecule has 3 nitrogen and oxygen atoms in total. The third kappa shape index (κ3) is 3.21. The number of hydrogen-bond donors (Lipinski definition) is 1. The number of hydrogen-bond acceptors (Lipinski definition) is 3. The molecular weight excluding hydrogens is 238 g/mol. The van der Waals surface area contributed by atoms with Crippen LogP contribution in [0.15, 0.2) is 12.1 Å². The molecule has 1 aliphatic heterocycles. The smallest absolute Gasteiger partial charge is 0.164 e. The summed E-state index contributed by atoms with van der Waals surface area (Å²) < 4.78 is 10.9. The largest absolute Gasteiger partial charge is 0.493 e. The highest BCUT2D eigenvalue weighted by molar-refractivity contribution is 5.51. The lowest BCUT2D eigenvalue weighted by molar-refractivity contribution is 0.348. The molecule has 3 heteroatoms. The van der Waals surface area contributed by atoms with Crippen LogP contribution in [0.4, 0.5) is 0 Å². The molecule has 1 aromatic rings. The predicted molar refractivity (Wildman–Crippen MR) is 78.2 cm³/mol. The van der Waals surface area contributed by atoms with Crippen LogP contribution in [0.2, 0.25) is 0 Å². The fraction of sp³-hybridized carbons (Fsp3) is 0.625. The maximum atomic E-state index is 5.55. The van der Waals surface area contributed by atoms with E-state index in [0.29, 0.717) is 0 Å². The van der Waals surface area contributed by atoms with Gasteiger partial charge in [0.05, 0.1) is 14.2 Å². The molecule has 0 amide bonds. The van der Waals surface area contributed by atoms with Crippen LogP contribution in [0, 0.1) is 5.92 Å². The minimum absolute atomic E-state index is 0.747. The molecule has 106 valence electrons. The first kappa shape index (κ1) is 14.2. The Labute approximate surface area is 116 Å². The van der Waals surface area contributed by atoms with Crippen molar-refractivity contribution in [3.8, 4) is 11.5 Å². The van der Waals surface area contributed by atoms with Crippen LogP contribution in [0.25, 0.3) is 0 Å². The fourth-order valence-corrected chi connectivity index (χ4v) is 3.02. The van der Waals surface area contributed by atoms with Crippen LogP contribution in [0.1, 0.15) is 30.9 Å². The highest BCUT2D eigenvalue weighted by Crippen LogP contribution is 2.35. The minimum Gasteiger partial charge on any atom is -0.493 e. The van der Waals surface area contributed by atoms with Crippen LogP contribution in [-0.2, 0) is 12.8 Å². The number of nitrogens with one attached hydrogen (secondary N) is 1. The lowest BCUT2D eigenvalue weighted by Crippen LogP contribution is -2.31. The van der Waals surface area contributed by atoms with Gasteiger partial charge in [0.25, 0.3) is 0 Å². The number of methoxy groups -OCH3 is 2. The Morgan fingerprint density at radius 1 is 1.26 bits per heavy atom. The fourth-order valence-electron chi connectivity index (χ4n) is 3.02. The summed E-state index contributed by atoms with van der Waals surface area (Å²) in [4.78, 5) is 0. The van der Waals surface area contributed by atoms with Gasteiger partial charge in [-0.1, -0.05) is 13.0 Å². The zero-order chi connectivity index (χ0) is 13.7. The van der Waals surface area contributed by atoms with E-state index < -0.39 is 0 Å². The van der Waals surface area contributed by atoms with Gasteiger partial charge in [-0.25, -0.2) is 0 Å². The summed E-state index contributed by atoms with van der Waals surface area (Å²) in [6.07, 6.45) is 4.73. The van der Waals surface area contributed by atoms with Crippen molar-refractivity contribution in [2.24, 2.45) is 5.92 Å². The summed E-state index contributed by atoms with van der Waals surface area (Å²) in [7, 11) is 3.42. The zero-order valence-corrected chi connectivity index (χ0v) is 12.3. The van der Waals surface area contributed by atoms with Gasteiger partial charge in [0.2, 0.25) is 0 Å². The van der Waals surface area contributed by atoms with E-state index in [1.807, 2.05) is 6.07 Å².